The van der Waals surface area contributed by atoms with Crippen molar-refractivity contribution >= 4 is 23.2 Å². The van der Waals surface area contributed by atoms with Gasteiger partial charge in [-0.1, -0.05) is 18.2 Å². The molecule has 3 N–H and O–H groups in total. The largest absolute Gasteiger partial charge is 0.394 e. The van der Waals surface area contributed by atoms with E-state index in [9.17, 15) is 9.90 Å². The van der Waals surface area contributed by atoms with Crippen molar-refractivity contribution in [3.63, 3.8) is 0 Å². The number of aliphatic hydroxyl groups is 1. The van der Waals surface area contributed by atoms with Gasteiger partial charge < -0.3 is 15.3 Å². The van der Waals surface area contributed by atoms with Crippen molar-refractivity contribution in [1.29, 1.82) is 0 Å². The number of amides is 2. The molecule has 0 bridgehead atoms. The lowest BCUT2D eigenvalue weighted by Crippen LogP contribution is -2.34. The van der Waals surface area contributed by atoms with Crippen molar-refractivity contribution in [2.24, 2.45) is 0 Å². The molecule has 1 aliphatic carbocycles. The van der Waals surface area contributed by atoms with Crippen LogP contribution in [0.15, 0.2) is 41.9 Å². The Kier molecular flexibility index (Phi) is 5.87. The predicted octanol–water partition coefficient (Wildman–Crippen LogP) is 4.09. The molecular formula is C23H18FN5O2S. The summed E-state index contributed by atoms with van der Waals surface area (Å²) in [6, 6.07) is 6.49. The first-order valence-electron chi connectivity index (χ1n) is 9.74. The second kappa shape index (κ2) is 8.75. The molecule has 1 atom stereocenters. The molecule has 7 nitrogen and oxygen atoms in total. The molecule has 32 heavy (non-hydrogen) atoms. The van der Waals surface area contributed by atoms with E-state index in [1.54, 1.807) is 35.8 Å². The third-order valence-corrected chi connectivity index (χ3v) is 6.00. The van der Waals surface area contributed by atoms with Crippen molar-refractivity contribution in [2.75, 3.05) is 11.9 Å². The van der Waals surface area contributed by atoms with E-state index >= 15 is 4.39 Å². The molecule has 160 valence electrons. The number of thiazole rings is 1. The second-order valence-corrected chi connectivity index (χ2v) is 8.16. The fourth-order valence-electron chi connectivity index (χ4n) is 3.42. The normalized spacial score (nSPS) is 14.6. The highest BCUT2D eigenvalue weighted by Gasteiger charge is 2.55. The molecule has 0 saturated heterocycles. The number of pyridine rings is 1. The van der Waals surface area contributed by atoms with E-state index in [4.69, 9.17) is 13.0 Å². The monoisotopic (exact) mass is 447 g/mol. The number of hydrogen-bond donors (Lipinski definition) is 3. The zero-order valence-electron chi connectivity index (χ0n) is 16.8. The standard InChI is InChI=1S/C23H18FN5O2S/c1-3-20-28-19(13-32-20)29-22(31)27-18(12-30)14-6-7-15(17(24)11-14)16-5-4-10-26-21(16)23(25-2)8-9-23/h1,4-7,10-11,13,18,30H,8-9,12H2,(H2,27,29,31)/t18-/m0/s1. The van der Waals surface area contributed by atoms with Gasteiger partial charge in [-0.15, -0.1) is 17.8 Å². The SMILES string of the molecule is [C-]#[N+]C1(c2ncccc2-c2ccc([C@H](CO)NC(=O)Nc3csc(C#C)n3)cc2F)CC1. The Balaban J connectivity index is 1.54. The number of hydrogen-bond acceptors (Lipinski definition) is 5. The number of halogens is 1. The highest BCUT2D eigenvalue weighted by Crippen LogP contribution is 2.51. The Bertz CT molecular complexity index is 1260. The summed E-state index contributed by atoms with van der Waals surface area (Å²) in [5.74, 6) is 2.13. The van der Waals surface area contributed by atoms with E-state index < -0.39 is 30.0 Å². The third kappa shape index (κ3) is 4.17. The molecule has 1 aliphatic rings. The second-order valence-electron chi connectivity index (χ2n) is 7.30. The minimum atomic E-state index is -0.837. The van der Waals surface area contributed by atoms with Crippen LogP contribution in [0.3, 0.4) is 0 Å². The highest BCUT2D eigenvalue weighted by atomic mass is 32.1. The predicted molar refractivity (Wildman–Crippen MR) is 119 cm³/mol. The Hall–Kier alpha value is -3.79. The van der Waals surface area contributed by atoms with Gasteiger partial charge in [0, 0.05) is 35.5 Å². The molecule has 0 aliphatic heterocycles. The van der Waals surface area contributed by atoms with Crippen LogP contribution >= 0.6 is 11.3 Å². The summed E-state index contributed by atoms with van der Waals surface area (Å²) in [5, 5.41) is 16.9. The third-order valence-electron chi connectivity index (χ3n) is 5.23. The molecule has 9 heteroatoms. The maximum Gasteiger partial charge on any atom is 0.320 e. The molecule has 4 rings (SSSR count). The van der Waals surface area contributed by atoms with Gasteiger partial charge in [0.25, 0.3) is 5.54 Å². The van der Waals surface area contributed by atoms with E-state index in [0.29, 0.717) is 40.2 Å². The lowest BCUT2D eigenvalue weighted by Gasteiger charge is -2.18. The summed E-state index contributed by atoms with van der Waals surface area (Å²) in [6.45, 7) is 7.06. The molecule has 1 saturated carbocycles. The molecule has 2 aromatic heterocycles. The molecule has 0 unspecified atom stereocenters. The number of anilines is 1. The number of aliphatic hydroxyl groups excluding tert-OH is 1. The van der Waals surface area contributed by atoms with E-state index in [-0.39, 0.29) is 5.82 Å². The molecule has 2 amide bonds. The number of carbonyl (C=O) groups excluding carboxylic acids is 1. The Morgan fingerprint density at radius 1 is 1.41 bits per heavy atom. The first-order valence-corrected chi connectivity index (χ1v) is 10.6. The fourth-order valence-corrected chi connectivity index (χ4v) is 3.98. The Morgan fingerprint density at radius 3 is 2.84 bits per heavy atom. The van der Waals surface area contributed by atoms with Crippen molar-refractivity contribution in [3.05, 3.63) is 75.4 Å². The lowest BCUT2D eigenvalue weighted by molar-refractivity contribution is 0.225. The van der Waals surface area contributed by atoms with Crippen LogP contribution in [0.5, 0.6) is 0 Å². The van der Waals surface area contributed by atoms with Crippen LogP contribution < -0.4 is 10.6 Å². The maximum atomic E-state index is 15.1. The van der Waals surface area contributed by atoms with E-state index in [0.717, 1.165) is 0 Å². The molecule has 2 heterocycles. The average molecular weight is 447 g/mol. The summed E-state index contributed by atoms with van der Waals surface area (Å²) in [6.07, 6.45) is 8.28. The topological polar surface area (TPSA) is 91.5 Å². The van der Waals surface area contributed by atoms with Crippen molar-refractivity contribution in [3.8, 4) is 23.5 Å². The van der Waals surface area contributed by atoms with Crippen LogP contribution in [0.4, 0.5) is 15.0 Å². The van der Waals surface area contributed by atoms with Crippen LogP contribution in [-0.4, -0.2) is 27.7 Å². The average Bonchev–Trinajstić information content (AvgIpc) is 3.48. The number of benzene rings is 1. The van der Waals surface area contributed by atoms with Gasteiger partial charge in [0.2, 0.25) is 0 Å². The van der Waals surface area contributed by atoms with Crippen molar-refractivity contribution < 1.29 is 14.3 Å². The molecule has 1 fully saturated rings. The van der Waals surface area contributed by atoms with Crippen LogP contribution in [0.25, 0.3) is 16.0 Å². The quantitative estimate of drug-likeness (QED) is 0.392. The smallest absolute Gasteiger partial charge is 0.320 e. The van der Waals surface area contributed by atoms with Gasteiger partial charge in [-0.2, -0.15) is 0 Å². The lowest BCUT2D eigenvalue weighted by atomic mass is 9.96. The van der Waals surface area contributed by atoms with Crippen LogP contribution in [0.1, 0.15) is 35.1 Å². The first kappa shape index (κ1) is 21.4. The molecule has 1 aromatic carbocycles. The Labute approximate surface area is 188 Å². The summed E-state index contributed by atoms with van der Waals surface area (Å²) >= 11 is 1.21. The van der Waals surface area contributed by atoms with E-state index in [1.807, 2.05) is 0 Å². The van der Waals surface area contributed by atoms with Crippen LogP contribution in [0.2, 0.25) is 0 Å². The number of aromatic nitrogens is 2. The minimum Gasteiger partial charge on any atom is -0.394 e. The molecule has 0 spiro atoms. The van der Waals surface area contributed by atoms with Gasteiger partial charge in [-0.25, -0.2) is 20.7 Å². The summed E-state index contributed by atoms with van der Waals surface area (Å²) in [4.78, 5) is 24.4. The van der Waals surface area contributed by atoms with Gasteiger partial charge in [0.1, 0.15) is 17.3 Å². The number of rotatable bonds is 6. The summed E-state index contributed by atoms with van der Waals surface area (Å²) in [5.41, 5.74) is 1.18. The number of terminal acetylenes is 1. The highest BCUT2D eigenvalue weighted by molar-refractivity contribution is 7.10. The zero-order chi connectivity index (χ0) is 22.7. The van der Waals surface area contributed by atoms with Crippen molar-refractivity contribution in [2.45, 2.75) is 24.4 Å². The van der Waals surface area contributed by atoms with E-state index in [2.05, 4.69) is 31.4 Å². The van der Waals surface area contributed by atoms with Crippen LogP contribution in [0, 0.1) is 24.7 Å². The maximum absolute atomic E-state index is 15.1. The Morgan fingerprint density at radius 2 is 2.22 bits per heavy atom. The first-order chi connectivity index (χ1) is 15.5. The molecule has 3 aromatic rings. The van der Waals surface area contributed by atoms with E-state index in [1.165, 1.54) is 17.4 Å². The number of nitrogens with one attached hydrogen (secondary N) is 2. The summed E-state index contributed by atoms with van der Waals surface area (Å²) in [7, 11) is 0. The summed E-state index contributed by atoms with van der Waals surface area (Å²) < 4.78 is 15.1. The van der Waals surface area contributed by atoms with Gasteiger partial charge in [-0.3, -0.25) is 10.3 Å². The number of carbonyl (C=O) groups is 1. The fraction of sp³-hybridized carbons (Fsp3) is 0.217. The van der Waals surface area contributed by atoms with Crippen LogP contribution in [-0.2, 0) is 5.54 Å². The van der Waals surface area contributed by atoms with Gasteiger partial charge in [0.05, 0.1) is 12.6 Å². The number of urea groups is 1. The molecular weight excluding hydrogens is 429 g/mol. The van der Waals surface area contributed by atoms with Crippen molar-refractivity contribution in [1.82, 2.24) is 15.3 Å². The van der Waals surface area contributed by atoms with Gasteiger partial charge >= 0.3 is 6.03 Å². The minimum absolute atomic E-state index is 0.289. The van der Waals surface area contributed by atoms with Gasteiger partial charge in [0.15, 0.2) is 5.01 Å². The number of nitrogens with zero attached hydrogens (tertiary/aromatic N) is 3. The zero-order valence-corrected chi connectivity index (χ0v) is 17.6. The van der Waals surface area contributed by atoms with Gasteiger partial charge in [-0.05, 0) is 23.6 Å². The molecule has 0 radical (unpaired) electrons.